The molecular formula is C20H27NO5. The van der Waals surface area contributed by atoms with Crippen molar-refractivity contribution in [2.24, 2.45) is 0 Å². The molecule has 0 N–H and O–H groups in total. The minimum absolute atomic E-state index is 0.00553. The van der Waals surface area contributed by atoms with Gasteiger partial charge in [0.15, 0.2) is 5.78 Å². The number of hydrogen-bond donors (Lipinski definition) is 0. The van der Waals surface area contributed by atoms with Gasteiger partial charge in [-0.05, 0) is 19.8 Å². The summed E-state index contributed by atoms with van der Waals surface area (Å²) in [4.78, 5) is 38.0. The Balaban J connectivity index is 1.88. The Morgan fingerprint density at radius 1 is 1.15 bits per heavy atom. The molecule has 0 aromatic heterocycles. The summed E-state index contributed by atoms with van der Waals surface area (Å²) in [5.41, 5.74) is 0.609. The van der Waals surface area contributed by atoms with E-state index in [0.29, 0.717) is 25.3 Å². The first kappa shape index (κ1) is 20.1. The van der Waals surface area contributed by atoms with E-state index < -0.39 is 0 Å². The first-order chi connectivity index (χ1) is 12.6. The lowest BCUT2D eigenvalue weighted by Crippen LogP contribution is -2.39. The molecule has 1 aliphatic rings. The van der Waals surface area contributed by atoms with Gasteiger partial charge in [-0.15, -0.1) is 0 Å². The molecule has 1 aliphatic heterocycles. The van der Waals surface area contributed by atoms with Crippen LogP contribution in [0, 0.1) is 0 Å². The first-order valence-corrected chi connectivity index (χ1v) is 9.23. The quantitative estimate of drug-likeness (QED) is 0.473. The van der Waals surface area contributed by atoms with Crippen molar-refractivity contribution in [2.45, 2.75) is 45.1 Å². The Morgan fingerprint density at radius 2 is 1.92 bits per heavy atom. The van der Waals surface area contributed by atoms with Gasteiger partial charge >= 0.3 is 5.97 Å². The number of ether oxygens (including phenoxy) is 2. The zero-order valence-electron chi connectivity index (χ0n) is 15.3. The van der Waals surface area contributed by atoms with Crippen LogP contribution in [-0.2, 0) is 19.1 Å². The predicted octanol–water partition coefficient (Wildman–Crippen LogP) is 2.61. The van der Waals surface area contributed by atoms with Gasteiger partial charge < -0.3 is 14.4 Å². The highest BCUT2D eigenvalue weighted by atomic mass is 16.5. The normalized spacial score (nSPS) is 16.3. The molecule has 1 aromatic carbocycles. The molecule has 2 rings (SSSR count). The fourth-order valence-corrected chi connectivity index (χ4v) is 2.96. The Kier molecular flexibility index (Phi) is 8.28. The molecule has 1 fully saturated rings. The third kappa shape index (κ3) is 6.59. The molecule has 0 aliphatic carbocycles. The second kappa shape index (κ2) is 10.7. The van der Waals surface area contributed by atoms with Crippen molar-refractivity contribution in [1.82, 2.24) is 4.90 Å². The standard InChI is InChI=1S/C20H27NO5/c1-2-25-20(24)12-13-21(15-17-9-6-14-26-17)19(23)11-10-18(22)16-7-4-3-5-8-16/h3-5,7-8,17H,2,6,9-15H2,1H3. The van der Waals surface area contributed by atoms with Gasteiger partial charge in [-0.3, -0.25) is 14.4 Å². The Morgan fingerprint density at radius 3 is 2.58 bits per heavy atom. The number of esters is 1. The first-order valence-electron chi connectivity index (χ1n) is 9.23. The van der Waals surface area contributed by atoms with Gasteiger partial charge in [0.1, 0.15) is 0 Å². The fourth-order valence-electron chi connectivity index (χ4n) is 2.96. The van der Waals surface area contributed by atoms with Gasteiger partial charge in [-0.2, -0.15) is 0 Å². The van der Waals surface area contributed by atoms with Crippen LogP contribution in [-0.4, -0.2) is 55.0 Å². The molecule has 1 atom stereocenters. The number of carbonyl (C=O) groups excluding carboxylic acids is 3. The fraction of sp³-hybridized carbons (Fsp3) is 0.550. The summed E-state index contributed by atoms with van der Waals surface area (Å²) in [5.74, 6) is -0.506. The molecule has 1 saturated heterocycles. The molecule has 6 heteroatoms. The molecule has 142 valence electrons. The maximum Gasteiger partial charge on any atom is 0.307 e. The zero-order valence-corrected chi connectivity index (χ0v) is 15.3. The van der Waals surface area contributed by atoms with Gasteiger partial charge in [-0.25, -0.2) is 0 Å². The smallest absolute Gasteiger partial charge is 0.307 e. The van der Waals surface area contributed by atoms with Crippen LogP contribution in [0.1, 0.15) is 49.4 Å². The van der Waals surface area contributed by atoms with Gasteiger partial charge in [0, 0.05) is 38.1 Å². The summed E-state index contributed by atoms with van der Waals surface area (Å²) in [7, 11) is 0. The van der Waals surface area contributed by atoms with Crippen molar-refractivity contribution >= 4 is 17.7 Å². The third-order valence-corrected chi connectivity index (χ3v) is 4.35. The monoisotopic (exact) mass is 361 g/mol. The molecular weight excluding hydrogens is 334 g/mol. The average molecular weight is 361 g/mol. The lowest BCUT2D eigenvalue weighted by Gasteiger charge is -2.25. The largest absolute Gasteiger partial charge is 0.466 e. The van der Waals surface area contributed by atoms with E-state index in [2.05, 4.69) is 0 Å². The highest BCUT2D eigenvalue weighted by Gasteiger charge is 2.23. The summed E-state index contributed by atoms with van der Waals surface area (Å²) in [6.07, 6.45) is 2.33. The molecule has 1 aromatic rings. The van der Waals surface area contributed by atoms with E-state index >= 15 is 0 Å². The second-order valence-electron chi connectivity index (χ2n) is 6.32. The minimum atomic E-state index is -0.321. The van der Waals surface area contributed by atoms with Crippen LogP contribution in [0.2, 0.25) is 0 Å². The number of ketones is 1. The minimum Gasteiger partial charge on any atom is -0.466 e. The number of amides is 1. The number of nitrogens with zero attached hydrogens (tertiary/aromatic N) is 1. The molecule has 1 heterocycles. The van der Waals surface area contributed by atoms with Crippen molar-refractivity contribution < 1.29 is 23.9 Å². The van der Waals surface area contributed by atoms with E-state index in [-0.39, 0.29) is 49.6 Å². The van der Waals surface area contributed by atoms with E-state index in [1.54, 1.807) is 36.1 Å². The van der Waals surface area contributed by atoms with E-state index in [1.807, 2.05) is 6.07 Å². The molecule has 26 heavy (non-hydrogen) atoms. The second-order valence-corrected chi connectivity index (χ2v) is 6.32. The summed E-state index contributed by atoms with van der Waals surface area (Å²) in [6.45, 7) is 3.53. The maximum absolute atomic E-state index is 12.6. The van der Waals surface area contributed by atoms with Crippen LogP contribution in [0.15, 0.2) is 30.3 Å². The van der Waals surface area contributed by atoms with Gasteiger partial charge in [0.05, 0.1) is 19.1 Å². The zero-order chi connectivity index (χ0) is 18.8. The number of hydrogen-bond acceptors (Lipinski definition) is 5. The van der Waals surface area contributed by atoms with Crippen LogP contribution in [0.25, 0.3) is 0 Å². The highest BCUT2D eigenvalue weighted by molar-refractivity contribution is 5.97. The summed E-state index contributed by atoms with van der Waals surface area (Å²) in [6, 6.07) is 8.95. The number of carbonyl (C=O) groups is 3. The van der Waals surface area contributed by atoms with Crippen LogP contribution in [0.4, 0.5) is 0 Å². The summed E-state index contributed by atoms with van der Waals surface area (Å²) >= 11 is 0. The SMILES string of the molecule is CCOC(=O)CCN(CC1CCCO1)C(=O)CCC(=O)c1ccccc1. The lowest BCUT2D eigenvalue weighted by molar-refractivity contribution is -0.144. The van der Waals surface area contributed by atoms with Crippen LogP contribution < -0.4 is 0 Å². The molecule has 1 amide bonds. The van der Waals surface area contributed by atoms with Gasteiger partial charge in [-0.1, -0.05) is 30.3 Å². The number of benzene rings is 1. The summed E-state index contributed by atoms with van der Waals surface area (Å²) in [5, 5.41) is 0. The van der Waals surface area contributed by atoms with E-state index in [4.69, 9.17) is 9.47 Å². The topological polar surface area (TPSA) is 72.9 Å². The van der Waals surface area contributed by atoms with Gasteiger partial charge in [0.2, 0.25) is 5.91 Å². The van der Waals surface area contributed by atoms with Crippen molar-refractivity contribution in [1.29, 1.82) is 0 Å². The average Bonchev–Trinajstić information content (AvgIpc) is 3.17. The van der Waals surface area contributed by atoms with Gasteiger partial charge in [0.25, 0.3) is 0 Å². The van der Waals surface area contributed by atoms with Crippen molar-refractivity contribution in [3.8, 4) is 0 Å². The Hall–Kier alpha value is -2.21. The molecule has 1 unspecified atom stereocenters. The van der Waals surface area contributed by atoms with Crippen molar-refractivity contribution in [3.63, 3.8) is 0 Å². The van der Waals surface area contributed by atoms with Crippen molar-refractivity contribution in [3.05, 3.63) is 35.9 Å². The molecule has 0 radical (unpaired) electrons. The van der Waals surface area contributed by atoms with E-state index in [0.717, 1.165) is 12.8 Å². The Bertz CT molecular complexity index is 595. The predicted molar refractivity (Wildman–Crippen MR) is 96.8 cm³/mol. The molecule has 0 bridgehead atoms. The number of Topliss-reactive ketones (excluding diaryl/α,β-unsaturated/α-hetero) is 1. The molecule has 6 nitrogen and oxygen atoms in total. The van der Waals surface area contributed by atoms with E-state index in [9.17, 15) is 14.4 Å². The van der Waals surface area contributed by atoms with E-state index in [1.165, 1.54) is 0 Å². The van der Waals surface area contributed by atoms with Crippen LogP contribution >= 0.6 is 0 Å². The molecule has 0 saturated carbocycles. The number of rotatable bonds is 10. The maximum atomic E-state index is 12.6. The summed E-state index contributed by atoms with van der Waals surface area (Å²) < 4.78 is 10.5. The lowest BCUT2D eigenvalue weighted by atomic mass is 10.1. The van der Waals surface area contributed by atoms with Crippen LogP contribution in [0.5, 0.6) is 0 Å². The third-order valence-electron chi connectivity index (χ3n) is 4.35. The van der Waals surface area contributed by atoms with Crippen molar-refractivity contribution in [2.75, 3.05) is 26.3 Å². The highest BCUT2D eigenvalue weighted by Crippen LogP contribution is 2.15. The Labute approximate surface area is 154 Å². The molecule has 0 spiro atoms. The van der Waals surface area contributed by atoms with Crippen LogP contribution in [0.3, 0.4) is 0 Å².